The Labute approximate surface area is 190 Å². The Hall–Kier alpha value is -3.47. The van der Waals surface area contributed by atoms with Crippen LogP contribution in [0.25, 0.3) is 0 Å². The number of rotatable bonds is 9. The number of hydrogen-bond acceptors (Lipinski definition) is 4. The van der Waals surface area contributed by atoms with E-state index in [1.54, 1.807) is 0 Å². The molecule has 3 aromatic rings. The van der Waals surface area contributed by atoms with Crippen molar-refractivity contribution in [1.82, 2.24) is 0 Å². The monoisotopic (exact) mass is 429 g/mol. The Balaban J connectivity index is 1.48. The van der Waals surface area contributed by atoms with Gasteiger partial charge in [-0.15, -0.1) is 0 Å². The van der Waals surface area contributed by atoms with Gasteiger partial charge in [-0.2, -0.15) is 10.2 Å². The second kappa shape index (κ2) is 10.7. The largest absolute Gasteiger partial charge is 0.493 e. The molecule has 3 rings (SSSR count). The van der Waals surface area contributed by atoms with E-state index in [4.69, 9.17) is 4.74 Å². The van der Waals surface area contributed by atoms with Gasteiger partial charge in [0.15, 0.2) is 0 Å². The second-order valence-corrected chi connectivity index (χ2v) is 8.64. The van der Waals surface area contributed by atoms with Crippen LogP contribution in [0.2, 0.25) is 0 Å². The summed E-state index contributed by atoms with van der Waals surface area (Å²) in [5.74, 6) is 0.902. The van der Waals surface area contributed by atoms with Crippen LogP contribution in [0.3, 0.4) is 0 Å². The van der Waals surface area contributed by atoms with Crippen molar-refractivity contribution in [2.24, 2.45) is 15.6 Å². The lowest BCUT2D eigenvalue weighted by Crippen LogP contribution is -2.31. The minimum absolute atomic E-state index is 0.0112. The van der Waals surface area contributed by atoms with Gasteiger partial charge in [0, 0.05) is 11.1 Å². The van der Waals surface area contributed by atoms with Crippen LogP contribution in [0.5, 0.6) is 5.75 Å². The number of nitrogens with zero attached hydrogens (tertiary/aromatic N) is 2. The van der Waals surface area contributed by atoms with E-state index in [0.29, 0.717) is 6.61 Å². The molecule has 0 saturated carbocycles. The summed E-state index contributed by atoms with van der Waals surface area (Å²) in [5, 5.41) is 11.4. The van der Waals surface area contributed by atoms with Crippen molar-refractivity contribution in [3.8, 4) is 5.75 Å². The Bertz CT molecular complexity index is 1060. The summed E-state index contributed by atoms with van der Waals surface area (Å²) < 4.78 is 5.93. The lowest BCUT2D eigenvalue weighted by molar-refractivity contribution is -0.124. The van der Waals surface area contributed by atoms with Crippen LogP contribution in [0.1, 0.15) is 37.8 Å². The van der Waals surface area contributed by atoms with Crippen LogP contribution in [0, 0.1) is 19.3 Å². The molecule has 0 bridgehead atoms. The molecule has 0 fully saturated rings. The van der Waals surface area contributed by atoms with Gasteiger partial charge in [0.2, 0.25) is 5.91 Å². The van der Waals surface area contributed by atoms with Crippen molar-refractivity contribution in [2.75, 3.05) is 11.9 Å². The van der Waals surface area contributed by atoms with Crippen molar-refractivity contribution < 1.29 is 9.53 Å². The molecular weight excluding hydrogens is 398 g/mol. The molecule has 3 aromatic carbocycles. The van der Waals surface area contributed by atoms with Gasteiger partial charge < -0.3 is 10.1 Å². The van der Waals surface area contributed by atoms with E-state index in [9.17, 15) is 4.79 Å². The lowest BCUT2D eigenvalue weighted by atomic mass is 9.87. The summed E-state index contributed by atoms with van der Waals surface area (Å²) in [7, 11) is 0. The minimum Gasteiger partial charge on any atom is -0.493 e. The Kier molecular flexibility index (Phi) is 7.77. The average Bonchev–Trinajstić information content (AvgIpc) is 2.79. The number of carbonyl (C=O) groups excluding carboxylic acids is 1. The molecule has 0 saturated heterocycles. The highest BCUT2D eigenvalue weighted by Crippen LogP contribution is 2.27. The first-order valence-electron chi connectivity index (χ1n) is 10.9. The van der Waals surface area contributed by atoms with Gasteiger partial charge in [0.1, 0.15) is 5.75 Å². The van der Waals surface area contributed by atoms with E-state index >= 15 is 0 Å². The number of hydrogen-bond donors (Lipinski definition) is 1. The summed E-state index contributed by atoms with van der Waals surface area (Å²) in [4.78, 5) is 12.8. The first-order valence-corrected chi connectivity index (χ1v) is 10.9. The Morgan fingerprint density at radius 1 is 0.906 bits per heavy atom. The maximum absolute atomic E-state index is 12.8. The smallest absolute Gasteiger partial charge is 0.230 e. The molecule has 0 aliphatic carbocycles. The van der Waals surface area contributed by atoms with Gasteiger partial charge in [0.05, 0.1) is 18.0 Å². The number of carbonyl (C=O) groups is 1. The molecule has 0 radical (unpaired) electrons. The van der Waals surface area contributed by atoms with Crippen LogP contribution in [-0.2, 0) is 4.79 Å². The lowest BCUT2D eigenvalue weighted by Gasteiger charge is -2.23. The molecule has 5 nitrogen and oxygen atoms in total. The molecule has 32 heavy (non-hydrogen) atoms. The normalized spacial score (nSPS) is 11.5. The molecule has 0 aliphatic heterocycles. The van der Waals surface area contributed by atoms with Gasteiger partial charge >= 0.3 is 0 Å². The summed E-state index contributed by atoms with van der Waals surface area (Å²) in [6.45, 7) is 8.60. The Morgan fingerprint density at radius 3 is 2.25 bits per heavy atom. The van der Waals surface area contributed by atoms with Crippen LogP contribution < -0.4 is 10.1 Å². The second-order valence-electron chi connectivity index (χ2n) is 8.64. The molecule has 1 amide bonds. The van der Waals surface area contributed by atoms with Crippen LogP contribution in [-0.4, -0.2) is 12.5 Å². The number of anilines is 1. The number of azo groups is 1. The fourth-order valence-electron chi connectivity index (χ4n) is 3.19. The summed E-state index contributed by atoms with van der Waals surface area (Å²) in [5.41, 5.74) is 4.07. The van der Waals surface area contributed by atoms with Crippen LogP contribution >= 0.6 is 0 Å². The van der Waals surface area contributed by atoms with E-state index in [0.717, 1.165) is 41.2 Å². The quantitative estimate of drug-likeness (QED) is 0.282. The highest BCUT2D eigenvalue weighted by molar-refractivity contribution is 5.94. The van der Waals surface area contributed by atoms with E-state index in [-0.39, 0.29) is 5.91 Å². The molecule has 5 heteroatoms. The van der Waals surface area contributed by atoms with Gasteiger partial charge in [-0.1, -0.05) is 44.2 Å². The summed E-state index contributed by atoms with van der Waals surface area (Å²) in [6, 6.07) is 23.1. The van der Waals surface area contributed by atoms with Gasteiger partial charge in [-0.25, -0.2) is 0 Å². The van der Waals surface area contributed by atoms with Crippen molar-refractivity contribution in [1.29, 1.82) is 0 Å². The van der Waals surface area contributed by atoms with E-state index in [2.05, 4.69) is 40.7 Å². The topological polar surface area (TPSA) is 63.0 Å². The highest BCUT2D eigenvalue weighted by atomic mass is 16.5. The standard InChI is InChI=1S/C27H31N3O2/c1-20-11-12-21(2)25(19-20)32-18-8-17-27(3,4)26(31)28-22-13-15-24(16-14-22)30-29-23-9-6-5-7-10-23/h5-7,9-16,19H,8,17-18H2,1-4H3,(H,28,31). The minimum atomic E-state index is -0.503. The highest BCUT2D eigenvalue weighted by Gasteiger charge is 2.27. The van der Waals surface area contributed by atoms with Crippen LogP contribution in [0.15, 0.2) is 83.0 Å². The SMILES string of the molecule is Cc1ccc(C)c(OCCCC(C)(C)C(=O)Nc2ccc(N=Nc3ccccc3)cc2)c1. The third-order valence-corrected chi connectivity index (χ3v) is 5.32. The average molecular weight is 430 g/mol. The first-order chi connectivity index (χ1) is 15.3. The maximum Gasteiger partial charge on any atom is 0.230 e. The molecule has 0 aliphatic rings. The number of nitrogens with one attached hydrogen (secondary N) is 1. The number of ether oxygens (including phenoxy) is 1. The Morgan fingerprint density at radius 2 is 1.56 bits per heavy atom. The zero-order chi connectivity index (χ0) is 23.0. The van der Waals surface area contributed by atoms with Crippen molar-refractivity contribution in [2.45, 2.75) is 40.5 Å². The van der Waals surface area contributed by atoms with Gasteiger partial charge in [-0.05, 0) is 80.3 Å². The van der Waals surface area contributed by atoms with E-state index in [1.165, 1.54) is 5.56 Å². The fraction of sp³-hybridized carbons (Fsp3) is 0.296. The summed E-state index contributed by atoms with van der Waals surface area (Å²) in [6.07, 6.45) is 1.53. The molecule has 0 heterocycles. The predicted molar refractivity (Wildman–Crippen MR) is 130 cm³/mol. The van der Waals surface area contributed by atoms with Crippen molar-refractivity contribution in [3.63, 3.8) is 0 Å². The van der Waals surface area contributed by atoms with Gasteiger partial charge in [-0.3, -0.25) is 4.79 Å². The van der Waals surface area contributed by atoms with E-state index < -0.39 is 5.41 Å². The van der Waals surface area contributed by atoms with Gasteiger partial charge in [0.25, 0.3) is 0 Å². The predicted octanol–water partition coefficient (Wildman–Crippen LogP) is 7.54. The summed E-state index contributed by atoms with van der Waals surface area (Å²) >= 11 is 0. The molecular formula is C27H31N3O2. The molecule has 0 atom stereocenters. The zero-order valence-corrected chi connectivity index (χ0v) is 19.3. The third kappa shape index (κ3) is 6.77. The molecule has 166 valence electrons. The van der Waals surface area contributed by atoms with Crippen molar-refractivity contribution >= 4 is 23.0 Å². The molecule has 0 unspecified atom stereocenters. The van der Waals surface area contributed by atoms with Crippen molar-refractivity contribution in [3.05, 3.63) is 83.9 Å². The molecule has 0 aromatic heterocycles. The number of aryl methyl sites for hydroxylation is 2. The number of benzene rings is 3. The molecule has 0 spiro atoms. The third-order valence-electron chi connectivity index (χ3n) is 5.32. The van der Waals surface area contributed by atoms with Crippen LogP contribution in [0.4, 0.5) is 17.1 Å². The first kappa shape index (κ1) is 23.2. The maximum atomic E-state index is 12.8. The number of amides is 1. The van der Waals surface area contributed by atoms with E-state index in [1.807, 2.05) is 75.4 Å². The zero-order valence-electron chi connectivity index (χ0n) is 19.3. The fourth-order valence-corrected chi connectivity index (χ4v) is 3.19. The molecule has 1 N–H and O–H groups in total.